The molecule has 0 spiro atoms. The van der Waals surface area contributed by atoms with Crippen molar-refractivity contribution in [3.05, 3.63) is 45.5 Å². The molecule has 1 aromatic heterocycles. The van der Waals surface area contributed by atoms with Crippen LogP contribution in [0.5, 0.6) is 0 Å². The van der Waals surface area contributed by atoms with Crippen LogP contribution in [-0.2, 0) is 10.8 Å². The highest BCUT2D eigenvalue weighted by atomic mass is 32.2. The fourth-order valence-corrected chi connectivity index (χ4v) is 2.74. The lowest BCUT2D eigenvalue weighted by molar-refractivity contribution is 0.0954. The van der Waals surface area contributed by atoms with Crippen LogP contribution in [0.15, 0.2) is 23.0 Å². The van der Waals surface area contributed by atoms with E-state index in [0.717, 1.165) is 6.07 Å². The van der Waals surface area contributed by atoms with Crippen molar-refractivity contribution in [1.82, 2.24) is 10.3 Å². The Balaban J connectivity index is 2.30. The number of rotatable bonds is 5. The third-order valence-electron chi connectivity index (χ3n) is 3.70. The van der Waals surface area contributed by atoms with Gasteiger partial charge in [0.15, 0.2) is 0 Å². The second-order valence-electron chi connectivity index (χ2n) is 5.57. The molecule has 0 fully saturated rings. The zero-order valence-corrected chi connectivity index (χ0v) is 14.1. The standard InChI is InChI=1S/C16H19FN2O3S/c1-9-6-11-12(8-14(20)19-15(11)13(17)7-9)16(21)18-5-4-10(2)23(3)22/h6-8,10H,4-5H2,1-3H3,(H,18,21)(H,19,20)/t10-,23-/m1/s1. The number of carbonyl (C=O) groups excluding carboxylic acids is 1. The van der Waals surface area contributed by atoms with Crippen molar-refractivity contribution >= 4 is 27.6 Å². The summed E-state index contributed by atoms with van der Waals surface area (Å²) >= 11 is 0. The van der Waals surface area contributed by atoms with Crippen LogP contribution in [0.4, 0.5) is 4.39 Å². The molecule has 124 valence electrons. The Morgan fingerprint density at radius 3 is 2.74 bits per heavy atom. The molecule has 0 saturated heterocycles. The maximum absolute atomic E-state index is 14.0. The van der Waals surface area contributed by atoms with E-state index in [1.807, 2.05) is 6.92 Å². The van der Waals surface area contributed by atoms with Gasteiger partial charge in [0.2, 0.25) is 5.56 Å². The molecule has 2 N–H and O–H groups in total. The Morgan fingerprint density at radius 1 is 1.39 bits per heavy atom. The molecule has 0 saturated carbocycles. The molecule has 0 aliphatic heterocycles. The highest BCUT2D eigenvalue weighted by Crippen LogP contribution is 2.20. The van der Waals surface area contributed by atoms with Crippen molar-refractivity contribution in [1.29, 1.82) is 0 Å². The number of aromatic amines is 1. The van der Waals surface area contributed by atoms with Crippen LogP contribution in [0.2, 0.25) is 0 Å². The quantitative estimate of drug-likeness (QED) is 0.873. The predicted octanol–water partition coefficient (Wildman–Crippen LogP) is 1.86. The number of aromatic nitrogens is 1. The van der Waals surface area contributed by atoms with Crippen LogP contribution in [0.3, 0.4) is 0 Å². The molecule has 0 bridgehead atoms. The average Bonchev–Trinajstić information content (AvgIpc) is 2.47. The van der Waals surface area contributed by atoms with E-state index in [4.69, 9.17) is 0 Å². The number of hydrogen-bond donors (Lipinski definition) is 2. The molecule has 2 atom stereocenters. The first-order chi connectivity index (χ1) is 10.8. The molecule has 0 radical (unpaired) electrons. The number of amides is 1. The Labute approximate surface area is 135 Å². The SMILES string of the molecule is Cc1cc(F)c2[nH]c(=O)cc(C(=O)NCC[C@@H](C)[S@@](C)=O)c2c1. The van der Waals surface area contributed by atoms with Crippen LogP contribution in [0.1, 0.15) is 29.3 Å². The molecule has 2 aromatic rings. The molecule has 1 amide bonds. The van der Waals surface area contributed by atoms with Gasteiger partial charge < -0.3 is 10.3 Å². The maximum Gasteiger partial charge on any atom is 0.252 e. The number of hydrogen-bond acceptors (Lipinski definition) is 3. The first-order valence-electron chi connectivity index (χ1n) is 7.23. The number of fused-ring (bicyclic) bond motifs is 1. The maximum atomic E-state index is 14.0. The minimum absolute atomic E-state index is 0.0243. The van der Waals surface area contributed by atoms with Gasteiger partial charge in [-0.3, -0.25) is 13.8 Å². The van der Waals surface area contributed by atoms with Crippen molar-refractivity contribution in [3.8, 4) is 0 Å². The Bertz CT molecular complexity index is 832. The Hall–Kier alpha value is -2.02. The number of H-pyrrole nitrogens is 1. The Morgan fingerprint density at radius 2 is 2.09 bits per heavy atom. The summed E-state index contributed by atoms with van der Waals surface area (Å²) in [4.78, 5) is 26.4. The van der Waals surface area contributed by atoms with E-state index in [1.54, 1.807) is 19.2 Å². The van der Waals surface area contributed by atoms with Gasteiger partial charge in [0.25, 0.3) is 5.91 Å². The average molecular weight is 338 g/mol. The van der Waals surface area contributed by atoms with Gasteiger partial charge in [0.1, 0.15) is 5.82 Å². The van der Waals surface area contributed by atoms with Gasteiger partial charge in [-0.15, -0.1) is 0 Å². The lowest BCUT2D eigenvalue weighted by Crippen LogP contribution is -2.28. The van der Waals surface area contributed by atoms with Crippen LogP contribution in [0, 0.1) is 12.7 Å². The van der Waals surface area contributed by atoms with E-state index in [-0.39, 0.29) is 16.3 Å². The molecule has 0 unspecified atom stereocenters. The first kappa shape index (κ1) is 17.3. The molecule has 0 aliphatic rings. The van der Waals surface area contributed by atoms with Gasteiger partial charge in [-0.1, -0.05) is 6.92 Å². The molecular formula is C16H19FN2O3S. The van der Waals surface area contributed by atoms with E-state index < -0.39 is 28.1 Å². The first-order valence-corrected chi connectivity index (χ1v) is 8.85. The smallest absolute Gasteiger partial charge is 0.252 e. The van der Waals surface area contributed by atoms with Gasteiger partial charge in [0.05, 0.1) is 11.1 Å². The molecule has 5 nitrogen and oxygen atoms in total. The summed E-state index contributed by atoms with van der Waals surface area (Å²) in [7, 11) is -0.958. The summed E-state index contributed by atoms with van der Waals surface area (Å²) in [5.41, 5.74) is 0.285. The normalized spacial score (nSPS) is 13.7. The molecule has 7 heteroatoms. The summed E-state index contributed by atoms with van der Waals surface area (Å²) in [6.45, 7) is 3.89. The number of aryl methyl sites for hydroxylation is 1. The van der Waals surface area contributed by atoms with Crippen molar-refractivity contribution in [3.63, 3.8) is 0 Å². The summed E-state index contributed by atoms with van der Waals surface area (Å²) in [5.74, 6) is -1.01. The lowest BCUT2D eigenvalue weighted by Gasteiger charge is -2.11. The van der Waals surface area contributed by atoms with Crippen LogP contribution >= 0.6 is 0 Å². The highest BCUT2D eigenvalue weighted by molar-refractivity contribution is 7.84. The summed E-state index contributed by atoms with van der Waals surface area (Å²) in [5, 5.41) is 3.03. The summed E-state index contributed by atoms with van der Waals surface area (Å²) in [6.07, 6.45) is 2.17. The highest BCUT2D eigenvalue weighted by Gasteiger charge is 2.15. The van der Waals surface area contributed by atoms with Crippen molar-refractivity contribution in [2.24, 2.45) is 0 Å². The number of pyridine rings is 1. The fraction of sp³-hybridized carbons (Fsp3) is 0.375. The number of nitrogens with one attached hydrogen (secondary N) is 2. The topological polar surface area (TPSA) is 79.0 Å². The van der Waals surface area contributed by atoms with Gasteiger partial charge in [-0.25, -0.2) is 4.39 Å². The van der Waals surface area contributed by atoms with E-state index in [9.17, 15) is 18.2 Å². The fourth-order valence-electron chi connectivity index (χ4n) is 2.29. The third-order valence-corrected chi connectivity index (χ3v) is 5.07. The van der Waals surface area contributed by atoms with Gasteiger partial charge >= 0.3 is 0 Å². The minimum atomic E-state index is -0.958. The van der Waals surface area contributed by atoms with Crippen molar-refractivity contribution in [2.45, 2.75) is 25.5 Å². The molecule has 0 aliphatic carbocycles. The number of halogens is 1. The predicted molar refractivity (Wildman–Crippen MR) is 89.7 cm³/mol. The largest absolute Gasteiger partial charge is 0.352 e. The minimum Gasteiger partial charge on any atom is -0.352 e. The van der Waals surface area contributed by atoms with Crippen molar-refractivity contribution in [2.75, 3.05) is 12.8 Å². The van der Waals surface area contributed by atoms with E-state index >= 15 is 0 Å². The second-order valence-corrected chi connectivity index (χ2v) is 7.37. The lowest BCUT2D eigenvalue weighted by atomic mass is 10.1. The van der Waals surface area contributed by atoms with E-state index in [0.29, 0.717) is 23.9 Å². The van der Waals surface area contributed by atoms with Crippen LogP contribution in [0.25, 0.3) is 10.9 Å². The molecule has 2 rings (SSSR count). The summed E-state index contributed by atoms with van der Waals surface area (Å²) in [6, 6.07) is 4.13. The van der Waals surface area contributed by atoms with Crippen LogP contribution < -0.4 is 10.9 Å². The zero-order chi connectivity index (χ0) is 17.1. The van der Waals surface area contributed by atoms with E-state index in [1.165, 1.54) is 6.07 Å². The van der Waals surface area contributed by atoms with E-state index in [2.05, 4.69) is 10.3 Å². The second kappa shape index (κ2) is 7.04. The third kappa shape index (κ3) is 4.04. The molecule has 1 aromatic carbocycles. The molecule has 1 heterocycles. The van der Waals surface area contributed by atoms with Crippen molar-refractivity contribution < 1.29 is 13.4 Å². The van der Waals surface area contributed by atoms with Crippen LogP contribution in [-0.4, -0.2) is 33.2 Å². The van der Waals surface area contributed by atoms with Gasteiger partial charge in [-0.05, 0) is 31.0 Å². The van der Waals surface area contributed by atoms with Gasteiger partial charge in [-0.2, -0.15) is 0 Å². The number of benzene rings is 1. The monoisotopic (exact) mass is 338 g/mol. The Kier molecular flexibility index (Phi) is 5.30. The molecular weight excluding hydrogens is 319 g/mol. The molecule has 23 heavy (non-hydrogen) atoms. The number of carbonyl (C=O) groups is 1. The zero-order valence-electron chi connectivity index (χ0n) is 13.2. The summed E-state index contributed by atoms with van der Waals surface area (Å²) < 4.78 is 25.3. The van der Waals surface area contributed by atoms with Gasteiger partial charge in [0, 0.05) is 40.3 Å².